The highest BCUT2D eigenvalue weighted by Crippen LogP contribution is 2.17. The lowest BCUT2D eigenvalue weighted by molar-refractivity contribution is 0.101. The van der Waals surface area contributed by atoms with Gasteiger partial charge in [0.15, 0.2) is 5.69 Å². The summed E-state index contributed by atoms with van der Waals surface area (Å²) < 4.78 is 15.0. The number of benzene rings is 1. The third kappa shape index (κ3) is 2.90. The molecule has 1 aromatic carbocycles. The van der Waals surface area contributed by atoms with Gasteiger partial charge in [0.2, 0.25) is 10.6 Å². The normalized spacial score (nSPS) is 11.0. The van der Waals surface area contributed by atoms with Gasteiger partial charge < -0.3 is 0 Å². The fraction of sp³-hybridized carbons (Fsp3) is 0.267. The van der Waals surface area contributed by atoms with Crippen LogP contribution in [0.25, 0.3) is 10.9 Å². The number of rotatable bonds is 4. The number of hydrogen-bond donors (Lipinski definition) is 1. The van der Waals surface area contributed by atoms with Crippen molar-refractivity contribution >= 4 is 33.3 Å². The summed E-state index contributed by atoms with van der Waals surface area (Å²) in [6.07, 6.45) is 0.698. The summed E-state index contributed by atoms with van der Waals surface area (Å²) in [5, 5.41) is 15.5. The second kappa shape index (κ2) is 6.44. The standard InChI is InChI=1S/C15H14FN5O2S/c1-3-11-18-19-15(24-11)17-14(23)12-13(22)9-7-8(16)5-6-10(9)21(4-2)20-12/h5-7H,3-4H2,1-2H3,(H,17,19,23). The summed E-state index contributed by atoms with van der Waals surface area (Å²) in [5.74, 6) is -1.23. The number of aromatic nitrogens is 4. The van der Waals surface area contributed by atoms with E-state index in [1.807, 2.05) is 13.8 Å². The molecule has 7 nitrogen and oxygen atoms in total. The highest BCUT2D eigenvalue weighted by atomic mass is 32.1. The fourth-order valence-corrected chi connectivity index (χ4v) is 2.93. The highest BCUT2D eigenvalue weighted by Gasteiger charge is 2.19. The molecule has 0 aliphatic rings. The number of aryl methyl sites for hydroxylation is 2. The van der Waals surface area contributed by atoms with Crippen LogP contribution in [-0.4, -0.2) is 25.9 Å². The first-order chi connectivity index (χ1) is 11.5. The van der Waals surface area contributed by atoms with Gasteiger partial charge in [-0.2, -0.15) is 5.10 Å². The van der Waals surface area contributed by atoms with Crippen LogP contribution >= 0.6 is 11.3 Å². The highest BCUT2D eigenvalue weighted by molar-refractivity contribution is 7.15. The minimum Gasteiger partial charge on any atom is -0.295 e. The Balaban J connectivity index is 2.06. The van der Waals surface area contributed by atoms with Crippen molar-refractivity contribution in [1.29, 1.82) is 0 Å². The van der Waals surface area contributed by atoms with E-state index >= 15 is 0 Å². The van der Waals surface area contributed by atoms with Gasteiger partial charge in [0, 0.05) is 6.54 Å². The Labute approximate surface area is 140 Å². The predicted molar refractivity (Wildman–Crippen MR) is 88.9 cm³/mol. The van der Waals surface area contributed by atoms with Crippen molar-refractivity contribution in [2.24, 2.45) is 0 Å². The zero-order valence-corrected chi connectivity index (χ0v) is 13.9. The Kier molecular flexibility index (Phi) is 4.34. The van der Waals surface area contributed by atoms with Crippen LogP contribution in [0, 0.1) is 5.82 Å². The molecule has 1 N–H and O–H groups in total. The monoisotopic (exact) mass is 347 g/mol. The topological polar surface area (TPSA) is 89.8 Å². The molecule has 0 saturated carbocycles. The molecule has 0 spiro atoms. The molecular formula is C15H14FN5O2S. The minimum atomic E-state index is -0.688. The molecule has 0 atom stereocenters. The summed E-state index contributed by atoms with van der Waals surface area (Å²) in [4.78, 5) is 24.9. The van der Waals surface area contributed by atoms with Crippen molar-refractivity contribution in [2.45, 2.75) is 26.8 Å². The second-order valence-corrected chi connectivity index (χ2v) is 6.03. The average molecular weight is 347 g/mol. The zero-order valence-electron chi connectivity index (χ0n) is 13.0. The van der Waals surface area contributed by atoms with Gasteiger partial charge >= 0.3 is 0 Å². The second-order valence-electron chi connectivity index (χ2n) is 4.96. The van der Waals surface area contributed by atoms with Crippen LogP contribution in [0.1, 0.15) is 29.3 Å². The van der Waals surface area contributed by atoms with Gasteiger partial charge in [0.1, 0.15) is 10.8 Å². The maximum atomic E-state index is 13.5. The van der Waals surface area contributed by atoms with E-state index in [0.717, 1.165) is 11.1 Å². The van der Waals surface area contributed by atoms with Crippen LogP contribution in [-0.2, 0) is 13.0 Å². The first-order valence-corrected chi connectivity index (χ1v) is 8.19. The Bertz CT molecular complexity index is 982. The van der Waals surface area contributed by atoms with Crippen LogP contribution in [0.2, 0.25) is 0 Å². The Hall–Kier alpha value is -2.68. The molecule has 0 unspecified atom stereocenters. The van der Waals surface area contributed by atoms with E-state index in [-0.39, 0.29) is 11.1 Å². The molecule has 3 rings (SSSR count). The predicted octanol–water partition coefficient (Wildman–Crippen LogP) is 2.22. The molecule has 0 aliphatic heterocycles. The van der Waals surface area contributed by atoms with Gasteiger partial charge in [0.05, 0.1) is 10.9 Å². The molecule has 9 heteroatoms. The van der Waals surface area contributed by atoms with Gasteiger partial charge in [0.25, 0.3) is 5.91 Å². The average Bonchev–Trinajstić information content (AvgIpc) is 3.03. The van der Waals surface area contributed by atoms with E-state index < -0.39 is 17.2 Å². The number of hydrogen-bond acceptors (Lipinski definition) is 6. The zero-order chi connectivity index (χ0) is 17.3. The van der Waals surface area contributed by atoms with Crippen molar-refractivity contribution in [2.75, 3.05) is 5.32 Å². The van der Waals surface area contributed by atoms with Crippen molar-refractivity contribution in [3.05, 3.63) is 44.9 Å². The van der Waals surface area contributed by atoms with Crippen LogP contribution in [0.15, 0.2) is 23.0 Å². The molecule has 2 aromatic heterocycles. The lowest BCUT2D eigenvalue weighted by Crippen LogP contribution is -2.27. The van der Waals surface area contributed by atoms with E-state index in [4.69, 9.17) is 0 Å². The van der Waals surface area contributed by atoms with E-state index in [2.05, 4.69) is 20.6 Å². The molecule has 24 heavy (non-hydrogen) atoms. The van der Waals surface area contributed by atoms with Crippen LogP contribution in [0.4, 0.5) is 9.52 Å². The molecule has 2 heterocycles. The van der Waals surface area contributed by atoms with Crippen molar-refractivity contribution in [3.8, 4) is 0 Å². The third-order valence-electron chi connectivity index (χ3n) is 3.42. The summed E-state index contributed by atoms with van der Waals surface area (Å²) in [7, 11) is 0. The van der Waals surface area contributed by atoms with Crippen molar-refractivity contribution in [1.82, 2.24) is 20.0 Å². The maximum absolute atomic E-state index is 13.5. The number of halogens is 1. The van der Waals surface area contributed by atoms with E-state index in [1.165, 1.54) is 28.2 Å². The van der Waals surface area contributed by atoms with Crippen LogP contribution in [0.3, 0.4) is 0 Å². The largest absolute Gasteiger partial charge is 0.295 e. The molecule has 0 aliphatic carbocycles. The lowest BCUT2D eigenvalue weighted by Gasteiger charge is -2.09. The molecule has 0 radical (unpaired) electrons. The third-order valence-corrected chi connectivity index (χ3v) is 4.40. The number of amides is 1. The molecule has 3 aromatic rings. The fourth-order valence-electron chi connectivity index (χ4n) is 2.26. The minimum absolute atomic E-state index is 0.114. The Morgan fingerprint density at radius 2 is 2.12 bits per heavy atom. The number of nitrogens with zero attached hydrogens (tertiary/aromatic N) is 4. The number of carbonyl (C=O) groups is 1. The molecule has 1 amide bonds. The van der Waals surface area contributed by atoms with Crippen molar-refractivity contribution < 1.29 is 9.18 Å². The first-order valence-electron chi connectivity index (χ1n) is 7.37. The molecule has 124 valence electrons. The molecule has 0 bridgehead atoms. The van der Waals surface area contributed by atoms with Gasteiger partial charge in [-0.1, -0.05) is 18.3 Å². The van der Waals surface area contributed by atoms with Crippen LogP contribution in [0.5, 0.6) is 0 Å². The summed E-state index contributed by atoms with van der Waals surface area (Å²) in [5.41, 5.74) is -0.445. The summed E-state index contributed by atoms with van der Waals surface area (Å²) in [6.45, 7) is 4.17. The van der Waals surface area contributed by atoms with Gasteiger partial charge in [-0.3, -0.25) is 19.6 Å². The number of nitrogens with one attached hydrogen (secondary N) is 1. The Morgan fingerprint density at radius 3 is 2.79 bits per heavy atom. The first kappa shape index (κ1) is 16.2. The smallest absolute Gasteiger partial charge is 0.282 e. The Morgan fingerprint density at radius 1 is 1.33 bits per heavy atom. The van der Waals surface area contributed by atoms with Gasteiger partial charge in [-0.15, -0.1) is 10.2 Å². The SMILES string of the molecule is CCc1nnc(NC(=O)c2nn(CC)c3ccc(F)cc3c2=O)s1. The van der Waals surface area contributed by atoms with Crippen LogP contribution < -0.4 is 10.7 Å². The summed E-state index contributed by atoms with van der Waals surface area (Å²) in [6, 6.07) is 3.84. The van der Waals surface area contributed by atoms with Crippen molar-refractivity contribution in [3.63, 3.8) is 0 Å². The number of fused-ring (bicyclic) bond motifs is 1. The quantitative estimate of drug-likeness (QED) is 0.781. The lowest BCUT2D eigenvalue weighted by atomic mass is 10.2. The van der Waals surface area contributed by atoms with Gasteiger partial charge in [-0.25, -0.2) is 4.39 Å². The number of anilines is 1. The summed E-state index contributed by atoms with van der Waals surface area (Å²) >= 11 is 1.23. The molecule has 0 fully saturated rings. The van der Waals surface area contributed by atoms with E-state index in [9.17, 15) is 14.0 Å². The maximum Gasteiger partial charge on any atom is 0.282 e. The molecular weight excluding hydrogens is 333 g/mol. The van der Waals surface area contributed by atoms with E-state index in [0.29, 0.717) is 23.6 Å². The van der Waals surface area contributed by atoms with Gasteiger partial charge in [-0.05, 0) is 31.5 Å². The van der Waals surface area contributed by atoms with E-state index in [1.54, 1.807) is 0 Å². The molecule has 0 saturated heterocycles. The number of carbonyl (C=O) groups excluding carboxylic acids is 1.